The number of nitrogens with one attached hydrogen (secondary N) is 1. The van der Waals surface area contributed by atoms with Crippen LogP contribution >= 0.6 is 0 Å². The van der Waals surface area contributed by atoms with Gasteiger partial charge in [-0.25, -0.2) is 0 Å². The number of benzene rings is 2. The van der Waals surface area contributed by atoms with Gasteiger partial charge in [0.25, 0.3) is 0 Å². The number of hydrogen-bond acceptors (Lipinski definition) is 4. The molecule has 5 heteroatoms. The van der Waals surface area contributed by atoms with Crippen LogP contribution in [0.1, 0.15) is 11.1 Å². The molecule has 0 aliphatic carbocycles. The summed E-state index contributed by atoms with van der Waals surface area (Å²) in [5, 5.41) is 12.2. The average Bonchev–Trinajstić information content (AvgIpc) is 2.61. The molecular weight excluding hydrogens is 306 g/mol. The molecule has 0 bridgehead atoms. The molecule has 0 spiro atoms. The molecule has 0 radical (unpaired) electrons. The zero-order chi connectivity index (χ0) is 17.2. The molecule has 0 amide bonds. The molecule has 1 unspecified atom stereocenters. The fraction of sp³-hybridized carbons (Fsp3) is 0.263. The average molecular weight is 327 g/mol. The third kappa shape index (κ3) is 6.22. The van der Waals surface area contributed by atoms with Crippen LogP contribution in [0, 0.1) is 5.92 Å². The molecule has 0 heterocycles. The second kappa shape index (κ2) is 9.47. The Morgan fingerprint density at radius 3 is 2.12 bits per heavy atom. The van der Waals surface area contributed by atoms with Gasteiger partial charge < -0.3 is 15.2 Å². The van der Waals surface area contributed by atoms with E-state index in [0.717, 1.165) is 11.1 Å². The second-order valence-corrected chi connectivity index (χ2v) is 5.50. The van der Waals surface area contributed by atoms with Crippen LogP contribution < -0.4 is 5.32 Å². The van der Waals surface area contributed by atoms with Gasteiger partial charge in [0.1, 0.15) is 6.61 Å². The largest absolute Gasteiger partial charge is 0.481 e. The SMILES string of the molecule is O=C(CNCC(Cc1ccccc1)C(=O)O)OCc1ccccc1. The number of esters is 1. The van der Waals surface area contributed by atoms with Crippen LogP contribution in [0.2, 0.25) is 0 Å². The van der Waals surface area contributed by atoms with Crippen LogP contribution in [-0.2, 0) is 27.4 Å². The second-order valence-electron chi connectivity index (χ2n) is 5.50. The molecule has 2 N–H and O–H groups in total. The van der Waals surface area contributed by atoms with Gasteiger partial charge in [-0.3, -0.25) is 9.59 Å². The third-order valence-electron chi connectivity index (χ3n) is 3.58. The van der Waals surface area contributed by atoms with Crippen LogP contribution in [0.15, 0.2) is 60.7 Å². The Labute approximate surface area is 141 Å². The summed E-state index contributed by atoms with van der Waals surface area (Å²) in [5.41, 5.74) is 1.87. The molecule has 1 atom stereocenters. The number of carboxylic acids is 1. The normalized spacial score (nSPS) is 11.7. The first-order valence-corrected chi connectivity index (χ1v) is 7.82. The summed E-state index contributed by atoms with van der Waals surface area (Å²) >= 11 is 0. The van der Waals surface area contributed by atoms with Crippen LogP contribution in [0.25, 0.3) is 0 Å². The number of carbonyl (C=O) groups excluding carboxylic acids is 1. The standard InChI is InChI=1S/C19H21NO4/c21-18(24-14-16-9-5-2-6-10-16)13-20-12-17(19(22)23)11-15-7-3-1-4-8-15/h1-10,17,20H,11-14H2,(H,22,23). The maximum atomic E-state index is 11.7. The Morgan fingerprint density at radius 2 is 1.54 bits per heavy atom. The van der Waals surface area contributed by atoms with E-state index in [1.165, 1.54) is 0 Å². The first-order chi connectivity index (χ1) is 11.6. The van der Waals surface area contributed by atoms with Gasteiger partial charge in [-0.15, -0.1) is 0 Å². The number of carbonyl (C=O) groups is 2. The maximum Gasteiger partial charge on any atom is 0.320 e. The lowest BCUT2D eigenvalue weighted by atomic mass is 9.99. The minimum Gasteiger partial charge on any atom is -0.481 e. The monoisotopic (exact) mass is 327 g/mol. The highest BCUT2D eigenvalue weighted by Crippen LogP contribution is 2.08. The van der Waals surface area contributed by atoms with Crippen LogP contribution in [-0.4, -0.2) is 30.1 Å². The van der Waals surface area contributed by atoms with Gasteiger partial charge in [-0.1, -0.05) is 60.7 Å². The van der Waals surface area contributed by atoms with Crippen molar-refractivity contribution in [3.05, 3.63) is 71.8 Å². The fourth-order valence-electron chi connectivity index (χ4n) is 2.28. The van der Waals surface area contributed by atoms with E-state index in [1.807, 2.05) is 60.7 Å². The molecule has 0 saturated carbocycles. The van der Waals surface area contributed by atoms with Gasteiger partial charge in [-0.05, 0) is 17.5 Å². The van der Waals surface area contributed by atoms with Crippen molar-refractivity contribution < 1.29 is 19.4 Å². The first kappa shape index (κ1) is 17.7. The van der Waals surface area contributed by atoms with E-state index in [1.54, 1.807) is 0 Å². The van der Waals surface area contributed by atoms with Gasteiger partial charge >= 0.3 is 11.9 Å². The van der Waals surface area contributed by atoms with Gasteiger partial charge in [-0.2, -0.15) is 0 Å². The van der Waals surface area contributed by atoms with E-state index in [0.29, 0.717) is 6.42 Å². The molecule has 126 valence electrons. The third-order valence-corrected chi connectivity index (χ3v) is 3.58. The number of hydrogen-bond donors (Lipinski definition) is 2. The van der Waals surface area contributed by atoms with Crippen molar-refractivity contribution in [1.82, 2.24) is 5.32 Å². The Kier molecular flexibility index (Phi) is 6.98. The van der Waals surface area contributed by atoms with Gasteiger partial charge in [0.05, 0.1) is 12.5 Å². The predicted molar refractivity (Wildman–Crippen MR) is 90.4 cm³/mol. The summed E-state index contributed by atoms with van der Waals surface area (Å²) in [4.78, 5) is 23.0. The summed E-state index contributed by atoms with van der Waals surface area (Å²) in [6.07, 6.45) is 0.419. The molecule has 2 aromatic carbocycles. The quantitative estimate of drug-likeness (QED) is 0.691. The van der Waals surface area contributed by atoms with Crippen LogP contribution in [0.5, 0.6) is 0 Å². The summed E-state index contributed by atoms with van der Waals surface area (Å²) in [7, 11) is 0. The van der Waals surface area contributed by atoms with Crippen molar-refractivity contribution in [3.63, 3.8) is 0 Å². The first-order valence-electron chi connectivity index (χ1n) is 7.82. The zero-order valence-electron chi connectivity index (χ0n) is 13.4. The molecule has 5 nitrogen and oxygen atoms in total. The van der Waals surface area contributed by atoms with Crippen molar-refractivity contribution in [3.8, 4) is 0 Å². The lowest BCUT2D eigenvalue weighted by Gasteiger charge is -2.13. The minimum atomic E-state index is -0.885. The number of carboxylic acid groups (broad SMARTS) is 1. The molecular formula is C19H21NO4. The fourth-order valence-corrected chi connectivity index (χ4v) is 2.28. The topological polar surface area (TPSA) is 75.6 Å². The van der Waals surface area contributed by atoms with E-state index in [2.05, 4.69) is 5.32 Å². The molecule has 2 aromatic rings. The lowest BCUT2D eigenvalue weighted by Crippen LogP contribution is -2.33. The van der Waals surface area contributed by atoms with Crippen LogP contribution in [0.3, 0.4) is 0 Å². The summed E-state index contributed by atoms with van der Waals surface area (Å²) in [6, 6.07) is 18.8. The number of aliphatic carboxylic acids is 1. The summed E-state index contributed by atoms with van der Waals surface area (Å²) < 4.78 is 5.14. The highest BCUT2D eigenvalue weighted by Gasteiger charge is 2.18. The summed E-state index contributed by atoms with van der Waals surface area (Å²) in [6.45, 7) is 0.420. The molecule has 2 rings (SSSR count). The van der Waals surface area contributed by atoms with E-state index in [-0.39, 0.29) is 19.7 Å². The van der Waals surface area contributed by atoms with Crippen molar-refractivity contribution in [1.29, 1.82) is 0 Å². The lowest BCUT2D eigenvalue weighted by molar-refractivity contribution is -0.145. The van der Waals surface area contributed by atoms with E-state index in [4.69, 9.17) is 4.74 Å². The van der Waals surface area contributed by atoms with Gasteiger partial charge in [0.15, 0.2) is 0 Å². The number of rotatable bonds is 9. The van der Waals surface area contributed by atoms with E-state index < -0.39 is 17.9 Å². The molecule has 0 aliphatic heterocycles. The Balaban J connectivity index is 1.72. The molecule has 0 saturated heterocycles. The van der Waals surface area contributed by atoms with Gasteiger partial charge in [0.2, 0.25) is 0 Å². The highest BCUT2D eigenvalue weighted by molar-refractivity contribution is 5.72. The van der Waals surface area contributed by atoms with Gasteiger partial charge in [0, 0.05) is 6.54 Å². The smallest absolute Gasteiger partial charge is 0.320 e. The Morgan fingerprint density at radius 1 is 0.958 bits per heavy atom. The van der Waals surface area contributed by atoms with Crippen molar-refractivity contribution in [2.45, 2.75) is 13.0 Å². The van der Waals surface area contributed by atoms with Crippen molar-refractivity contribution >= 4 is 11.9 Å². The molecule has 0 aliphatic rings. The van der Waals surface area contributed by atoms with Crippen molar-refractivity contribution in [2.75, 3.05) is 13.1 Å². The molecule has 24 heavy (non-hydrogen) atoms. The van der Waals surface area contributed by atoms with E-state index in [9.17, 15) is 14.7 Å². The highest BCUT2D eigenvalue weighted by atomic mass is 16.5. The zero-order valence-corrected chi connectivity index (χ0v) is 13.4. The molecule has 0 fully saturated rings. The maximum absolute atomic E-state index is 11.7. The number of ether oxygens (including phenoxy) is 1. The summed E-state index contributed by atoms with van der Waals surface area (Å²) in [5.74, 6) is -1.87. The van der Waals surface area contributed by atoms with Crippen LogP contribution in [0.4, 0.5) is 0 Å². The minimum absolute atomic E-state index is 0.00853. The Hall–Kier alpha value is -2.66. The molecule has 0 aromatic heterocycles. The Bertz CT molecular complexity index is 643. The predicted octanol–water partition coefficient (Wildman–Crippen LogP) is 2.26. The van der Waals surface area contributed by atoms with E-state index >= 15 is 0 Å². The van der Waals surface area contributed by atoms with Crippen molar-refractivity contribution in [2.24, 2.45) is 5.92 Å².